The maximum atomic E-state index is 6.51. The first-order chi connectivity index (χ1) is 30.7. The number of benzene rings is 4. The molecule has 1 radical (unpaired) electrons. The molecule has 5 heterocycles. The third-order valence-corrected chi connectivity index (χ3v) is 14.1. The molecular weight excluding hydrogens is 977 g/mol. The van der Waals surface area contributed by atoms with E-state index in [0.29, 0.717) is 11.6 Å². The second-order valence-electron chi connectivity index (χ2n) is 18.3. The topological polar surface area (TPSA) is 64.7 Å². The van der Waals surface area contributed by atoms with E-state index in [4.69, 9.17) is 19.4 Å². The Balaban J connectivity index is 0.000000225. The largest absolute Gasteiger partial charge is 0.486 e. The molecule has 1 aliphatic rings. The molecule has 1 aliphatic carbocycles. The van der Waals surface area contributed by atoms with Crippen molar-refractivity contribution in [1.82, 2.24) is 19.9 Å². The van der Waals surface area contributed by atoms with E-state index in [0.717, 1.165) is 91.4 Å². The molecule has 7 heteroatoms. The molecule has 4 aromatic carbocycles. The smallest absolute Gasteiger partial charge is 0.216 e. The molecule has 0 spiro atoms. The molecule has 0 atom stereocenters. The Morgan fingerprint density at radius 3 is 2.12 bits per heavy atom. The van der Waals surface area contributed by atoms with E-state index < -0.39 is 8.07 Å². The van der Waals surface area contributed by atoms with Crippen LogP contribution in [-0.4, -0.2) is 28.0 Å². The first-order valence-corrected chi connectivity index (χ1v) is 26.0. The normalized spacial score (nSPS) is 12.9. The van der Waals surface area contributed by atoms with Crippen LogP contribution in [-0.2, 0) is 32.9 Å². The second kappa shape index (κ2) is 19.9. The Hall–Kier alpha value is -5.85. The maximum absolute atomic E-state index is 6.51. The summed E-state index contributed by atoms with van der Waals surface area (Å²) in [6.07, 6.45) is 11.6. The van der Waals surface area contributed by atoms with Crippen LogP contribution in [0.4, 0.5) is 0 Å². The van der Waals surface area contributed by atoms with Crippen molar-refractivity contribution in [2.75, 3.05) is 0 Å². The van der Waals surface area contributed by atoms with Gasteiger partial charge in [-0.1, -0.05) is 154 Å². The Morgan fingerprint density at radius 1 is 0.672 bits per heavy atom. The molecule has 1 fully saturated rings. The van der Waals surface area contributed by atoms with Gasteiger partial charge in [0.15, 0.2) is 0 Å². The van der Waals surface area contributed by atoms with Gasteiger partial charge in [0.1, 0.15) is 0 Å². The van der Waals surface area contributed by atoms with Crippen LogP contribution in [0.15, 0.2) is 156 Å². The fourth-order valence-corrected chi connectivity index (χ4v) is 10.6. The van der Waals surface area contributed by atoms with E-state index in [9.17, 15) is 0 Å². The minimum absolute atomic E-state index is 0. The predicted molar refractivity (Wildman–Crippen MR) is 263 cm³/mol. The summed E-state index contributed by atoms with van der Waals surface area (Å²) in [7, 11) is -1.34. The van der Waals surface area contributed by atoms with Crippen molar-refractivity contribution in [2.45, 2.75) is 72.0 Å². The van der Waals surface area contributed by atoms with Gasteiger partial charge in [-0.3, -0.25) is 0 Å². The van der Waals surface area contributed by atoms with Gasteiger partial charge in [0.2, 0.25) is 5.71 Å². The Bertz CT molecular complexity index is 2970. The summed E-state index contributed by atoms with van der Waals surface area (Å²) in [6, 6.07) is 54.3. The van der Waals surface area contributed by atoms with Gasteiger partial charge in [0, 0.05) is 54.6 Å². The average Bonchev–Trinajstić information content (AvgIpc) is 3.97. The standard InChI is InChI=1S/C39H30N3O.C18H24NSi.Ir/c1-3-12-28(13-4-1)34-20-19-32(37(41-34)29-14-5-2-6-15-29)35-21-18-31-30-16-9-17-33(38(30)43-39(31)42-35)36-25-27(22-23-40-36)24-26-10-7-8-11-26;1-14(2)11-16-12-17(15-9-7-6-8-10-15)19-13-18(16)20(3,4)5;/h1-6,9,12-16,18-23,25-26H,7-8,10-11,24H2;6-9,12-14H,11H2,1-5H3;/q2*-1;. The van der Waals surface area contributed by atoms with Gasteiger partial charge in [0.25, 0.3) is 0 Å². The quantitative estimate of drug-likeness (QED) is 0.101. The van der Waals surface area contributed by atoms with E-state index in [-0.39, 0.29) is 20.1 Å². The van der Waals surface area contributed by atoms with Crippen LogP contribution in [0.25, 0.3) is 78.4 Å². The second-order valence-corrected chi connectivity index (χ2v) is 23.4. The molecule has 0 amide bonds. The fraction of sp³-hybridized carbons (Fsp3) is 0.228. The Morgan fingerprint density at radius 2 is 1.41 bits per heavy atom. The van der Waals surface area contributed by atoms with Gasteiger partial charge in [-0.05, 0) is 71.6 Å². The maximum Gasteiger partial charge on any atom is 0.216 e. The summed E-state index contributed by atoms with van der Waals surface area (Å²) in [5.74, 6) is 1.45. The molecule has 64 heavy (non-hydrogen) atoms. The minimum Gasteiger partial charge on any atom is -0.486 e. The van der Waals surface area contributed by atoms with Crippen molar-refractivity contribution in [2.24, 2.45) is 11.8 Å². The summed E-state index contributed by atoms with van der Waals surface area (Å²) < 4.78 is 6.51. The summed E-state index contributed by atoms with van der Waals surface area (Å²) >= 11 is 0. The fourth-order valence-electron chi connectivity index (χ4n) is 8.98. The van der Waals surface area contributed by atoms with Crippen molar-refractivity contribution < 1.29 is 24.5 Å². The number of pyridine rings is 4. The van der Waals surface area contributed by atoms with Crippen molar-refractivity contribution in [1.29, 1.82) is 0 Å². The van der Waals surface area contributed by atoms with Crippen LogP contribution in [0, 0.1) is 24.0 Å². The zero-order chi connectivity index (χ0) is 43.3. The van der Waals surface area contributed by atoms with Crippen molar-refractivity contribution >= 4 is 35.3 Å². The van der Waals surface area contributed by atoms with Crippen LogP contribution in [0.2, 0.25) is 19.6 Å². The number of hydrogen-bond donors (Lipinski definition) is 0. The van der Waals surface area contributed by atoms with Crippen LogP contribution < -0.4 is 5.19 Å². The monoisotopic (exact) mass is 1030 g/mol. The van der Waals surface area contributed by atoms with Crippen molar-refractivity contribution in [3.05, 3.63) is 175 Å². The van der Waals surface area contributed by atoms with Crippen molar-refractivity contribution in [3.8, 4) is 56.3 Å². The number of nitrogens with zero attached hydrogens (tertiary/aromatic N) is 4. The zero-order valence-corrected chi connectivity index (χ0v) is 40.8. The van der Waals surface area contributed by atoms with E-state index in [1.54, 1.807) is 0 Å². The first-order valence-electron chi connectivity index (χ1n) is 22.5. The summed E-state index contributed by atoms with van der Waals surface area (Å²) in [4.78, 5) is 19.6. The molecular formula is C57H54IrN4OSi-2. The van der Waals surface area contributed by atoms with E-state index >= 15 is 0 Å². The van der Waals surface area contributed by atoms with E-state index in [1.165, 1.54) is 42.0 Å². The van der Waals surface area contributed by atoms with Crippen LogP contribution >= 0.6 is 0 Å². The zero-order valence-electron chi connectivity index (χ0n) is 37.4. The number of rotatable bonds is 10. The molecule has 9 aromatic rings. The van der Waals surface area contributed by atoms with E-state index in [2.05, 4.69) is 136 Å². The van der Waals surface area contributed by atoms with Crippen molar-refractivity contribution in [3.63, 3.8) is 0 Å². The van der Waals surface area contributed by atoms with Gasteiger partial charge >= 0.3 is 0 Å². The molecule has 10 rings (SSSR count). The Labute approximate surface area is 392 Å². The van der Waals surface area contributed by atoms with Crippen LogP contribution in [0.5, 0.6) is 0 Å². The van der Waals surface area contributed by atoms with Crippen LogP contribution in [0.1, 0.15) is 50.7 Å². The van der Waals surface area contributed by atoms with Gasteiger partial charge in [-0.25, -0.2) is 9.97 Å². The number of hydrogen-bond acceptors (Lipinski definition) is 5. The molecule has 1 saturated carbocycles. The SMILES string of the molecule is CC(C)Cc1cc(-c2[c-]cccc2)ncc1[Si](C)(C)C.[Ir].[c-]1ccc2c(oc3nc(-c4ccc(-c5ccccc5)nc4-c4ccccc4)ccc32)c1-c1cc(CC2CCCC2)ccn1. The third kappa shape index (κ3) is 10.1. The van der Waals surface area contributed by atoms with E-state index in [1.807, 2.05) is 66.9 Å². The molecule has 0 bridgehead atoms. The van der Waals surface area contributed by atoms with Crippen LogP contribution in [0.3, 0.4) is 0 Å². The molecule has 0 saturated heterocycles. The third-order valence-electron chi connectivity index (χ3n) is 12.1. The van der Waals surface area contributed by atoms with Gasteiger partial charge < -0.3 is 14.4 Å². The van der Waals surface area contributed by atoms with Gasteiger partial charge in [-0.15, -0.1) is 54.1 Å². The molecule has 0 unspecified atom stereocenters. The summed E-state index contributed by atoms with van der Waals surface area (Å²) in [5, 5.41) is 3.49. The molecule has 5 nitrogen and oxygen atoms in total. The number of aromatic nitrogens is 4. The van der Waals surface area contributed by atoms with Gasteiger partial charge in [0.05, 0.1) is 30.7 Å². The summed E-state index contributed by atoms with van der Waals surface area (Å²) in [6.45, 7) is 11.7. The number of furan rings is 1. The Kier molecular flexibility index (Phi) is 13.9. The molecule has 0 aliphatic heterocycles. The molecule has 323 valence electrons. The van der Waals surface area contributed by atoms with Gasteiger partial charge in [-0.2, -0.15) is 0 Å². The predicted octanol–water partition coefficient (Wildman–Crippen LogP) is 14.3. The summed E-state index contributed by atoms with van der Waals surface area (Å²) in [5.41, 5.74) is 13.8. The molecule has 5 aromatic heterocycles. The minimum atomic E-state index is -1.34. The molecule has 0 N–H and O–H groups in total. The first kappa shape index (κ1) is 44.7. The number of fused-ring (bicyclic) bond motifs is 3. The average molecular weight is 1030 g/mol.